The number of anilines is 1. The molecule has 3 aliphatic rings. The summed E-state index contributed by atoms with van der Waals surface area (Å²) in [5.74, 6) is 1.69. The van der Waals surface area contributed by atoms with E-state index in [0.29, 0.717) is 51.5 Å². The zero-order valence-electron chi connectivity index (χ0n) is 15.7. The number of hydrogen-bond donors (Lipinski definition) is 0. The normalized spacial score (nSPS) is 17.8. The fraction of sp³-hybridized carbons (Fsp3) is 0.409. The molecule has 2 aromatic rings. The van der Waals surface area contributed by atoms with Crippen molar-refractivity contribution in [2.45, 2.75) is 19.3 Å². The van der Waals surface area contributed by atoms with Gasteiger partial charge in [0.05, 0.1) is 25.3 Å². The summed E-state index contributed by atoms with van der Waals surface area (Å²) in [5, 5.41) is 0. The van der Waals surface area contributed by atoms with Gasteiger partial charge in [0.1, 0.15) is 17.3 Å². The van der Waals surface area contributed by atoms with Crippen LogP contribution in [-0.2, 0) is 24.1 Å². The molecule has 2 aromatic carbocycles. The Morgan fingerprint density at radius 2 is 1.82 bits per heavy atom. The molecule has 5 nitrogen and oxygen atoms in total. The van der Waals surface area contributed by atoms with E-state index in [0.717, 1.165) is 41.0 Å². The van der Waals surface area contributed by atoms with Gasteiger partial charge in [-0.15, -0.1) is 0 Å². The summed E-state index contributed by atoms with van der Waals surface area (Å²) >= 11 is 0. The Kier molecular flexibility index (Phi) is 4.34. The van der Waals surface area contributed by atoms with Gasteiger partial charge in [-0.25, -0.2) is 4.39 Å². The predicted molar refractivity (Wildman–Crippen MR) is 104 cm³/mol. The van der Waals surface area contributed by atoms with Crippen molar-refractivity contribution in [1.29, 1.82) is 0 Å². The van der Waals surface area contributed by atoms with Crippen LogP contribution in [0.25, 0.3) is 0 Å². The zero-order valence-corrected chi connectivity index (χ0v) is 15.7. The van der Waals surface area contributed by atoms with Crippen molar-refractivity contribution in [3.63, 3.8) is 0 Å². The molecule has 1 amide bonds. The topological polar surface area (TPSA) is 42.0 Å². The molecule has 0 unspecified atom stereocenters. The minimum absolute atomic E-state index is 0.103. The summed E-state index contributed by atoms with van der Waals surface area (Å²) in [7, 11) is 0. The van der Waals surface area contributed by atoms with Gasteiger partial charge < -0.3 is 19.3 Å². The molecule has 28 heavy (non-hydrogen) atoms. The number of amides is 1. The highest BCUT2D eigenvalue weighted by molar-refractivity contribution is 5.81. The van der Waals surface area contributed by atoms with E-state index in [1.54, 1.807) is 12.1 Å². The van der Waals surface area contributed by atoms with Gasteiger partial charge in [-0.3, -0.25) is 4.79 Å². The van der Waals surface area contributed by atoms with Crippen molar-refractivity contribution in [3.8, 4) is 11.5 Å². The van der Waals surface area contributed by atoms with Gasteiger partial charge in [0.15, 0.2) is 0 Å². The molecular weight excluding hydrogens is 359 g/mol. The molecule has 6 heteroatoms. The Morgan fingerprint density at radius 3 is 2.64 bits per heavy atom. The second-order valence-corrected chi connectivity index (χ2v) is 7.51. The molecule has 0 radical (unpaired) electrons. The monoisotopic (exact) mass is 382 g/mol. The summed E-state index contributed by atoms with van der Waals surface area (Å²) in [5.41, 5.74) is 3.88. The third kappa shape index (κ3) is 2.97. The van der Waals surface area contributed by atoms with Crippen molar-refractivity contribution in [3.05, 3.63) is 52.8 Å². The van der Waals surface area contributed by atoms with E-state index in [1.165, 1.54) is 6.07 Å². The molecule has 0 aliphatic carbocycles. The first-order chi connectivity index (χ1) is 13.7. The van der Waals surface area contributed by atoms with E-state index in [1.807, 2.05) is 15.9 Å². The molecule has 5 rings (SSSR count). The minimum atomic E-state index is -0.213. The second kappa shape index (κ2) is 7.00. The fourth-order valence-corrected chi connectivity index (χ4v) is 4.44. The minimum Gasteiger partial charge on any atom is -0.493 e. The van der Waals surface area contributed by atoms with Crippen LogP contribution in [0.4, 0.5) is 10.1 Å². The zero-order chi connectivity index (χ0) is 19.1. The van der Waals surface area contributed by atoms with Crippen molar-refractivity contribution in [1.82, 2.24) is 4.90 Å². The molecule has 0 saturated carbocycles. The van der Waals surface area contributed by atoms with E-state index in [-0.39, 0.29) is 11.7 Å². The van der Waals surface area contributed by atoms with Gasteiger partial charge in [-0.1, -0.05) is 12.1 Å². The number of benzene rings is 2. The van der Waals surface area contributed by atoms with Crippen LogP contribution < -0.4 is 14.4 Å². The van der Waals surface area contributed by atoms with Crippen LogP contribution >= 0.6 is 0 Å². The number of carbonyl (C=O) groups excluding carboxylic acids is 1. The largest absolute Gasteiger partial charge is 0.493 e. The number of fused-ring (bicyclic) bond motifs is 2. The summed E-state index contributed by atoms with van der Waals surface area (Å²) < 4.78 is 25.6. The fourth-order valence-electron chi connectivity index (χ4n) is 4.44. The first kappa shape index (κ1) is 17.3. The molecule has 1 saturated heterocycles. The molecule has 3 heterocycles. The van der Waals surface area contributed by atoms with Crippen LogP contribution in [0, 0.1) is 5.82 Å². The Balaban J connectivity index is 1.30. The molecule has 0 bridgehead atoms. The highest BCUT2D eigenvalue weighted by Gasteiger charge is 2.30. The van der Waals surface area contributed by atoms with Crippen LogP contribution in [0.1, 0.15) is 16.7 Å². The molecule has 0 spiro atoms. The molecule has 3 aliphatic heterocycles. The molecule has 0 aromatic heterocycles. The van der Waals surface area contributed by atoms with Gasteiger partial charge in [0, 0.05) is 55.7 Å². The maximum absolute atomic E-state index is 14.0. The Bertz CT molecular complexity index is 890. The smallest absolute Gasteiger partial charge is 0.227 e. The summed E-state index contributed by atoms with van der Waals surface area (Å²) in [6.07, 6.45) is 2.04. The van der Waals surface area contributed by atoms with Crippen LogP contribution in [0.15, 0.2) is 30.3 Å². The SMILES string of the molecule is O=C(Cc1c2c(cc3c1OCC3)OCC2)N1CCN(c2ccccc2F)CC1. The summed E-state index contributed by atoms with van der Waals surface area (Å²) in [6, 6.07) is 8.88. The van der Waals surface area contributed by atoms with E-state index in [2.05, 4.69) is 6.07 Å². The lowest BCUT2D eigenvalue weighted by molar-refractivity contribution is -0.130. The van der Waals surface area contributed by atoms with E-state index in [4.69, 9.17) is 9.47 Å². The van der Waals surface area contributed by atoms with Gasteiger partial charge >= 0.3 is 0 Å². The first-order valence-electron chi connectivity index (χ1n) is 9.91. The van der Waals surface area contributed by atoms with Crippen molar-refractivity contribution >= 4 is 11.6 Å². The van der Waals surface area contributed by atoms with Crippen LogP contribution in [-0.4, -0.2) is 50.2 Å². The van der Waals surface area contributed by atoms with Gasteiger partial charge in [0.2, 0.25) is 5.91 Å². The van der Waals surface area contributed by atoms with E-state index < -0.39 is 0 Å². The van der Waals surface area contributed by atoms with Crippen LogP contribution in [0.5, 0.6) is 11.5 Å². The Hall–Kier alpha value is -2.76. The lowest BCUT2D eigenvalue weighted by Crippen LogP contribution is -2.49. The van der Waals surface area contributed by atoms with Crippen LogP contribution in [0.2, 0.25) is 0 Å². The third-order valence-electron chi connectivity index (χ3n) is 5.91. The number of halogens is 1. The highest BCUT2D eigenvalue weighted by atomic mass is 19.1. The molecule has 0 atom stereocenters. The lowest BCUT2D eigenvalue weighted by Gasteiger charge is -2.36. The summed E-state index contributed by atoms with van der Waals surface area (Å²) in [6.45, 7) is 3.81. The van der Waals surface area contributed by atoms with E-state index in [9.17, 15) is 9.18 Å². The molecule has 146 valence electrons. The maximum atomic E-state index is 14.0. The van der Waals surface area contributed by atoms with Gasteiger partial charge in [0.25, 0.3) is 0 Å². The van der Waals surface area contributed by atoms with Crippen molar-refractivity contribution < 1.29 is 18.7 Å². The number of nitrogens with zero attached hydrogens (tertiary/aromatic N) is 2. The third-order valence-corrected chi connectivity index (χ3v) is 5.91. The quantitative estimate of drug-likeness (QED) is 0.818. The molecule has 1 fully saturated rings. The second-order valence-electron chi connectivity index (χ2n) is 7.51. The van der Waals surface area contributed by atoms with Crippen LogP contribution in [0.3, 0.4) is 0 Å². The van der Waals surface area contributed by atoms with Crippen molar-refractivity contribution in [2.75, 3.05) is 44.3 Å². The predicted octanol–water partition coefficient (Wildman–Crippen LogP) is 2.59. The number of carbonyl (C=O) groups is 1. The van der Waals surface area contributed by atoms with Crippen molar-refractivity contribution in [2.24, 2.45) is 0 Å². The number of hydrogen-bond acceptors (Lipinski definition) is 4. The average molecular weight is 382 g/mol. The van der Waals surface area contributed by atoms with E-state index >= 15 is 0 Å². The van der Waals surface area contributed by atoms with Gasteiger partial charge in [-0.2, -0.15) is 0 Å². The average Bonchev–Trinajstić information content (AvgIpc) is 3.37. The number of piperazine rings is 1. The Morgan fingerprint density at radius 1 is 1.04 bits per heavy atom. The Labute approximate surface area is 163 Å². The van der Waals surface area contributed by atoms with Gasteiger partial charge in [-0.05, 0) is 18.2 Å². The lowest BCUT2D eigenvalue weighted by atomic mass is 9.96. The standard InChI is InChI=1S/C22H23FN2O3/c23-18-3-1-2-4-19(18)24-7-9-25(10-8-24)21(26)14-17-16-6-12-27-20(16)13-15-5-11-28-22(15)17/h1-4,13H,5-12,14H2. The number of para-hydroxylation sites is 1. The first-order valence-corrected chi connectivity index (χ1v) is 9.91. The maximum Gasteiger partial charge on any atom is 0.227 e. The number of ether oxygens (including phenoxy) is 2. The molecule has 0 N–H and O–H groups in total. The summed E-state index contributed by atoms with van der Waals surface area (Å²) in [4.78, 5) is 16.9. The molecular formula is C22H23FN2O3. The highest BCUT2D eigenvalue weighted by Crippen LogP contribution is 2.41. The number of rotatable bonds is 3.